The van der Waals surface area contributed by atoms with Crippen molar-refractivity contribution in [2.45, 2.75) is 25.9 Å². The molecule has 0 aliphatic rings. The summed E-state index contributed by atoms with van der Waals surface area (Å²) in [6, 6.07) is 0.183. The number of aromatic nitrogens is 4. The lowest BCUT2D eigenvalue weighted by Gasteiger charge is -2.14. The summed E-state index contributed by atoms with van der Waals surface area (Å²) >= 11 is 0. The van der Waals surface area contributed by atoms with Gasteiger partial charge >= 0.3 is 0 Å². The van der Waals surface area contributed by atoms with E-state index in [0.29, 0.717) is 0 Å². The Morgan fingerprint density at radius 3 is 2.94 bits per heavy atom. The highest BCUT2D eigenvalue weighted by molar-refractivity contribution is 5.02. The molecule has 0 radical (unpaired) electrons. The molecule has 5 nitrogen and oxygen atoms in total. The van der Waals surface area contributed by atoms with Gasteiger partial charge in [0.15, 0.2) is 0 Å². The number of H-pyrrole nitrogens is 1. The highest BCUT2D eigenvalue weighted by atomic mass is 15.1. The van der Waals surface area contributed by atoms with Crippen molar-refractivity contribution in [1.82, 2.24) is 24.8 Å². The molecule has 0 saturated heterocycles. The van der Waals surface area contributed by atoms with E-state index in [2.05, 4.69) is 31.8 Å². The van der Waals surface area contributed by atoms with Crippen molar-refractivity contribution >= 4 is 0 Å². The fourth-order valence-corrected chi connectivity index (χ4v) is 1.80. The van der Waals surface area contributed by atoms with Crippen LogP contribution in [0, 0.1) is 0 Å². The zero-order valence-electron chi connectivity index (χ0n) is 9.64. The van der Waals surface area contributed by atoms with Crippen LogP contribution in [-0.4, -0.2) is 26.6 Å². The quantitative estimate of drug-likeness (QED) is 0.792. The summed E-state index contributed by atoms with van der Waals surface area (Å²) in [5.41, 5.74) is 0. The molecule has 0 spiro atoms. The van der Waals surface area contributed by atoms with Crippen molar-refractivity contribution in [1.29, 1.82) is 0 Å². The third kappa shape index (κ3) is 2.14. The molecule has 2 aromatic rings. The molecule has 0 bridgehead atoms. The third-order valence-corrected chi connectivity index (χ3v) is 2.73. The summed E-state index contributed by atoms with van der Waals surface area (Å²) < 4.78 is 2.15. The fraction of sp³-hybridized carbons (Fsp3) is 0.455. The topological polar surface area (TPSA) is 58.5 Å². The van der Waals surface area contributed by atoms with Crippen LogP contribution in [0.25, 0.3) is 0 Å². The van der Waals surface area contributed by atoms with Crippen molar-refractivity contribution in [3.05, 3.63) is 36.4 Å². The molecule has 5 heteroatoms. The van der Waals surface area contributed by atoms with E-state index in [4.69, 9.17) is 0 Å². The van der Waals surface area contributed by atoms with E-state index < -0.39 is 0 Å². The van der Waals surface area contributed by atoms with E-state index in [1.165, 1.54) is 0 Å². The van der Waals surface area contributed by atoms with Crippen LogP contribution in [-0.2, 0) is 13.0 Å². The summed E-state index contributed by atoms with van der Waals surface area (Å²) in [6.07, 6.45) is 8.29. The van der Waals surface area contributed by atoms with Crippen molar-refractivity contribution in [2.24, 2.45) is 0 Å². The van der Waals surface area contributed by atoms with E-state index >= 15 is 0 Å². The van der Waals surface area contributed by atoms with Crippen LogP contribution in [0.5, 0.6) is 0 Å². The second kappa shape index (κ2) is 4.94. The molecule has 2 heterocycles. The Labute approximate surface area is 94.9 Å². The second-order valence-corrected chi connectivity index (χ2v) is 3.65. The maximum absolute atomic E-state index is 4.37. The second-order valence-electron chi connectivity index (χ2n) is 3.65. The number of rotatable bonds is 5. The summed E-state index contributed by atoms with van der Waals surface area (Å²) in [4.78, 5) is 11.8. The first-order valence-electron chi connectivity index (χ1n) is 5.51. The molecule has 1 unspecified atom stereocenters. The van der Waals surface area contributed by atoms with Crippen molar-refractivity contribution in [2.75, 3.05) is 7.05 Å². The van der Waals surface area contributed by atoms with Crippen LogP contribution >= 0.6 is 0 Å². The molecule has 86 valence electrons. The van der Waals surface area contributed by atoms with Crippen LogP contribution < -0.4 is 5.32 Å². The fourth-order valence-electron chi connectivity index (χ4n) is 1.80. The molecule has 0 saturated carbocycles. The number of nitrogens with zero attached hydrogens (tertiary/aromatic N) is 3. The molecule has 0 aromatic carbocycles. The van der Waals surface area contributed by atoms with Crippen molar-refractivity contribution < 1.29 is 0 Å². The summed E-state index contributed by atoms with van der Waals surface area (Å²) in [5.74, 6) is 2.03. The lowest BCUT2D eigenvalue weighted by Crippen LogP contribution is -2.21. The van der Waals surface area contributed by atoms with Gasteiger partial charge < -0.3 is 14.9 Å². The third-order valence-electron chi connectivity index (χ3n) is 2.73. The van der Waals surface area contributed by atoms with Gasteiger partial charge in [-0.25, -0.2) is 9.97 Å². The van der Waals surface area contributed by atoms with Crippen LogP contribution in [0.2, 0.25) is 0 Å². The number of hydrogen-bond donors (Lipinski definition) is 2. The lowest BCUT2D eigenvalue weighted by atomic mass is 10.2. The number of imidazole rings is 2. The van der Waals surface area contributed by atoms with Gasteiger partial charge in [0.25, 0.3) is 0 Å². The summed E-state index contributed by atoms with van der Waals surface area (Å²) in [7, 11) is 1.94. The minimum Gasteiger partial charge on any atom is -0.347 e. The highest BCUT2D eigenvalue weighted by Crippen LogP contribution is 2.13. The van der Waals surface area contributed by atoms with Crippen LogP contribution in [0.4, 0.5) is 0 Å². The van der Waals surface area contributed by atoms with Gasteiger partial charge in [0.05, 0.1) is 6.04 Å². The van der Waals surface area contributed by atoms with Gasteiger partial charge in [-0.2, -0.15) is 0 Å². The first-order chi connectivity index (χ1) is 7.85. The van der Waals surface area contributed by atoms with E-state index in [1.54, 1.807) is 6.20 Å². The van der Waals surface area contributed by atoms with E-state index in [9.17, 15) is 0 Å². The van der Waals surface area contributed by atoms with Crippen LogP contribution in [0.15, 0.2) is 24.8 Å². The van der Waals surface area contributed by atoms with Gasteiger partial charge in [0.1, 0.15) is 11.6 Å². The normalized spacial score (nSPS) is 12.9. The Bertz CT molecular complexity index is 417. The molecule has 0 amide bonds. The average molecular weight is 219 g/mol. The molecule has 2 aromatic heterocycles. The Morgan fingerprint density at radius 1 is 1.44 bits per heavy atom. The minimum absolute atomic E-state index is 0.183. The number of nitrogens with one attached hydrogen (secondary N) is 2. The number of aromatic amines is 1. The van der Waals surface area contributed by atoms with Gasteiger partial charge in [0.2, 0.25) is 0 Å². The average Bonchev–Trinajstić information content (AvgIpc) is 2.96. The molecule has 0 aliphatic heterocycles. The van der Waals surface area contributed by atoms with Crippen LogP contribution in [0.1, 0.15) is 24.6 Å². The van der Waals surface area contributed by atoms with Gasteiger partial charge in [-0.15, -0.1) is 0 Å². The zero-order chi connectivity index (χ0) is 11.4. The molecule has 2 N–H and O–H groups in total. The predicted molar refractivity (Wildman–Crippen MR) is 62.0 cm³/mol. The molecular weight excluding hydrogens is 202 g/mol. The Balaban J connectivity index is 2.13. The number of aryl methyl sites for hydroxylation is 1. The first-order valence-corrected chi connectivity index (χ1v) is 5.51. The van der Waals surface area contributed by atoms with Gasteiger partial charge in [-0.3, -0.25) is 0 Å². The molecule has 0 fully saturated rings. The standard InChI is InChI=1S/C11H17N5/c1-3-16-7-6-13-10(16)8-9(12-2)11-14-4-5-15-11/h4-7,9,12H,3,8H2,1-2H3,(H,14,15). The number of hydrogen-bond acceptors (Lipinski definition) is 3. The maximum atomic E-state index is 4.37. The molecule has 16 heavy (non-hydrogen) atoms. The van der Waals surface area contributed by atoms with E-state index in [0.717, 1.165) is 24.6 Å². The molecular formula is C11H17N5. The molecule has 2 rings (SSSR count). The molecule has 1 atom stereocenters. The van der Waals surface area contributed by atoms with Crippen molar-refractivity contribution in [3.8, 4) is 0 Å². The van der Waals surface area contributed by atoms with Gasteiger partial charge in [-0.1, -0.05) is 0 Å². The summed E-state index contributed by atoms with van der Waals surface area (Å²) in [5, 5.41) is 3.25. The summed E-state index contributed by atoms with van der Waals surface area (Å²) in [6.45, 7) is 3.07. The molecule has 0 aliphatic carbocycles. The van der Waals surface area contributed by atoms with Crippen molar-refractivity contribution in [3.63, 3.8) is 0 Å². The van der Waals surface area contributed by atoms with E-state index in [-0.39, 0.29) is 6.04 Å². The maximum Gasteiger partial charge on any atom is 0.123 e. The monoisotopic (exact) mass is 219 g/mol. The Morgan fingerprint density at radius 2 is 2.31 bits per heavy atom. The smallest absolute Gasteiger partial charge is 0.123 e. The van der Waals surface area contributed by atoms with Gasteiger partial charge in [0, 0.05) is 37.8 Å². The lowest BCUT2D eigenvalue weighted by molar-refractivity contribution is 0.531. The zero-order valence-corrected chi connectivity index (χ0v) is 9.64. The first kappa shape index (κ1) is 10.9. The Kier molecular flexibility index (Phi) is 3.36. The van der Waals surface area contributed by atoms with Crippen LogP contribution in [0.3, 0.4) is 0 Å². The van der Waals surface area contributed by atoms with E-state index in [1.807, 2.05) is 25.6 Å². The predicted octanol–water partition coefficient (Wildman–Crippen LogP) is 1.13. The van der Waals surface area contributed by atoms with Gasteiger partial charge in [-0.05, 0) is 14.0 Å². The minimum atomic E-state index is 0.183. The number of likely N-dealkylation sites (N-methyl/N-ethyl adjacent to an activating group) is 1. The SMILES string of the molecule is CCn1ccnc1CC(NC)c1ncc[nH]1. The Hall–Kier alpha value is -1.62. The largest absolute Gasteiger partial charge is 0.347 e. The highest BCUT2D eigenvalue weighted by Gasteiger charge is 2.14.